The van der Waals surface area contributed by atoms with E-state index in [4.69, 9.17) is 5.73 Å². The van der Waals surface area contributed by atoms with Crippen LogP contribution in [0.2, 0.25) is 0 Å². The number of nitrogens with zero attached hydrogens (tertiary/aromatic N) is 2. The number of carbonyl (C=O) groups excluding carboxylic acids is 1. The highest BCUT2D eigenvalue weighted by molar-refractivity contribution is 7.99. The molecule has 18 heavy (non-hydrogen) atoms. The molecule has 0 aliphatic carbocycles. The number of hydrogen-bond donors (Lipinski definition) is 1. The number of carbonyl (C=O) groups is 1. The van der Waals surface area contributed by atoms with Crippen molar-refractivity contribution in [2.75, 3.05) is 12.8 Å². The SMILES string of the molecule is COC(=O)c1cncc(Sc2ccc(N)cc2)n1. The summed E-state index contributed by atoms with van der Waals surface area (Å²) >= 11 is 1.40. The summed E-state index contributed by atoms with van der Waals surface area (Å²) in [5, 5.41) is 0.627. The van der Waals surface area contributed by atoms with Gasteiger partial charge in [-0.25, -0.2) is 9.78 Å². The fourth-order valence-corrected chi connectivity index (χ4v) is 2.03. The molecule has 0 saturated carbocycles. The number of benzene rings is 1. The average Bonchev–Trinajstić information content (AvgIpc) is 2.41. The molecule has 2 rings (SSSR count). The van der Waals surface area contributed by atoms with Gasteiger partial charge in [0.25, 0.3) is 0 Å². The topological polar surface area (TPSA) is 78.1 Å². The van der Waals surface area contributed by atoms with Crippen LogP contribution in [0.3, 0.4) is 0 Å². The van der Waals surface area contributed by atoms with E-state index in [1.54, 1.807) is 18.3 Å². The molecule has 1 heterocycles. The first-order valence-corrected chi connectivity index (χ1v) is 5.94. The molecule has 0 bridgehead atoms. The first kappa shape index (κ1) is 12.4. The number of rotatable bonds is 3. The van der Waals surface area contributed by atoms with Crippen LogP contribution in [-0.2, 0) is 4.74 Å². The molecular weight excluding hydrogens is 250 g/mol. The van der Waals surface area contributed by atoms with Crippen molar-refractivity contribution in [2.24, 2.45) is 0 Å². The lowest BCUT2D eigenvalue weighted by Gasteiger charge is -2.03. The summed E-state index contributed by atoms with van der Waals surface area (Å²) in [6, 6.07) is 7.37. The van der Waals surface area contributed by atoms with Crippen LogP contribution >= 0.6 is 11.8 Å². The van der Waals surface area contributed by atoms with Crippen LogP contribution in [-0.4, -0.2) is 23.0 Å². The monoisotopic (exact) mass is 261 g/mol. The highest BCUT2D eigenvalue weighted by Crippen LogP contribution is 2.26. The minimum absolute atomic E-state index is 0.193. The van der Waals surface area contributed by atoms with Crippen molar-refractivity contribution >= 4 is 23.4 Å². The van der Waals surface area contributed by atoms with E-state index in [-0.39, 0.29) is 5.69 Å². The molecule has 0 aliphatic rings. The zero-order valence-electron chi connectivity index (χ0n) is 9.66. The average molecular weight is 261 g/mol. The van der Waals surface area contributed by atoms with Gasteiger partial charge in [0, 0.05) is 10.6 Å². The van der Waals surface area contributed by atoms with Gasteiger partial charge in [0.1, 0.15) is 5.03 Å². The van der Waals surface area contributed by atoms with E-state index in [1.165, 1.54) is 25.1 Å². The molecular formula is C12H11N3O2S. The fourth-order valence-electron chi connectivity index (χ4n) is 1.26. The number of nitrogens with two attached hydrogens (primary N) is 1. The second-order valence-electron chi connectivity index (χ2n) is 3.41. The number of aromatic nitrogens is 2. The first-order chi connectivity index (χ1) is 8.69. The Bertz CT molecular complexity index is 558. The standard InChI is InChI=1S/C12H11N3O2S/c1-17-12(16)10-6-14-7-11(15-10)18-9-4-2-8(13)3-5-9/h2-7H,13H2,1H3. The molecule has 6 heteroatoms. The number of methoxy groups -OCH3 is 1. The molecule has 92 valence electrons. The van der Waals surface area contributed by atoms with Crippen LogP contribution in [0.5, 0.6) is 0 Å². The molecule has 0 fully saturated rings. The van der Waals surface area contributed by atoms with Crippen molar-refractivity contribution in [1.82, 2.24) is 9.97 Å². The molecule has 1 aromatic carbocycles. The van der Waals surface area contributed by atoms with Gasteiger partial charge in [-0.2, -0.15) is 0 Å². The summed E-state index contributed by atoms with van der Waals surface area (Å²) in [6.45, 7) is 0. The summed E-state index contributed by atoms with van der Waals surface area (Å²) < 4.78 is 4.59. The predicted octanol–water partition coefficient (Wildman–Crippen LogP) is 2.00. The molecule has 0 radical (unpaired) electrons. The van der Waals surface area contributed by atoms with E-state index in [0.29, 0.717) is 10.7 Å². The van der Waals surface area contributed by atoms with Crippen molar-refractivity contribution in [2.45, 2.75) is 9.92 Å². The summed E-state index contributed by atoms with van der Waals surface area (Å²) in [5.41, 5.74) is 6.50. The summed E-state index contributed by atoms with van der Waals surface area (Å²) in [7, 11) is 1.31. The maximum atomic E-state index is 11.3. The van der Waals surface area contributed by atoms with Crippen molar-refractivity contribution in [3.63, 3.8) is 0 Å². The van der Waals surface area contributed by atoms with Crippen LogP contribution in [0.1, 0.15) is 10.5 Å². The van der Waals surface area contributed by atoms with Gasteiger partial charge in [0.15, 0.2) is 5.69 Å². The highest BCUT2D eigenvalue weighted by Gasteiger charge is 2.09. The van der Waals surface area contributed by atoms with Crippen LogP contribution < -0.4 is 5.73 Å². The first-order valence-electron chi connectivity index (χ1n) is 5.13. The Balaban J connectivity index is 2.19. The molecule has 0 saturated heterocycles. The molecule has 5 nitrogen and oxygen atoms in total. The molecule has 0 spiro atoms. The third kappa shape index (κ3) is 2.98. The normalized spacial score (nSPS) is 10.1. The molecule has 2 aromatic rings. The van der Waals surface area contributed by atoms with E-state index in [0.717, 1.165) is 4.90 Å². The number of anilines is 1. The van der Waals surface area contributed by atoms with E-state index < -0.39 is 5.97 Å². The summed E-state index contributed by atoms with van der Waals surface area (Å²) in [4.78, 5) is 20.4. The lowest BCUT2D eigenvalue weighted by Crippen LogP contribution is -2.05. The van der Waals surface area contributed by atoms with E-state index >= 15 is 0 Å². The van der Waals surface area contributed by atoms with Crippen LogP contribution in [0.15, 0.2) is 46.6 Å². The predicted molar refractivity (Wildman–Crippen MR) is 68.3 cm³/mol. The minimum Gasteiger partial charge on any atom is -0.464 e. The zero-order valence-corrected chi connectivity index (χ0v) is 10.5. The zero-order chi connectivity index (χ0) is 13.0. The Hall–Kier alpha value is -2.08. The van der Waals surface area contributed by atoms with E-state index in [1.807, 2.05) is 12.1 Å². The smallest absolute Gasteiger partial charge is 0.358 e. The van der Waals surface area contributed by atoms with Crippen LogP contribution in [0.4, 0.5) is 5.69 Å². The maximum Gasteiger partial charge on any atom is 0.358 e. The van der Waals surface area contributed by atoms with Gasteiger partial charge in [-0.15, -0.1) is 0 Å². The fraction of sp³-hybridized carbons (Fsp3) is 0.0833. The Morgan fingerprint density at radius 2 is 2.00 bits per heavy atom. The third-order valence-electron chi connectivity index (χ3n) is 2.11. The van der Waals surface area contributed by atoms with Crippen LogP contribution in [0.25, 0.3) is 0 Å². The Kier molecular flexibility index (Phi) is 3.78. The molecule has 0 aliphatic heterocycles. The maximum absolute atomic E-state index is 11.3. The van der Waals surface area contributed by atoms with E-state index in [2.05, 4.69) is 14.7 Å². The second-order valence-corrected chi connectivity index (χ2v) is 4.50. The van der Waals surface area contributed by atoms with Crippen molar-refractivity contribution < 1.29 is 9.53 Å². The number of esters is 1. The molecule has 0 unspecified atom stereocenters. The highest BCUT2D eigenvalue weighted by atomic mass is 32.2. The van der Waals surface area contributed by atoms with Gasteiger partial charge in [-0.05, 0) is 24.3 Å². The quantitative estimate of drug-likeness (QED) is 0.672. The Morgan fingerprint density at radius 3 is 2.67 bits per heavy atom. The molecule has 0 amide bonds. The number of ether oxygens (including phenoxy) is 1. The van der Waals surface area contributed by atoms with Crippen molar-refractivity contribution in [1.29, 1.82) is 0 Å². The van der Waals surface area contributed by atoms with Crippen molar-refractivity contribution in [3.05, 3.63) is 42.4 Å². The summed E-state index contributed by atoms with van der Waals surface area (Å²) in [5.74, 6) is -0.498. The van der Waals surface area contributed by atoms with E-state index in [9.17, 15) is 4.79 Å². The number of nitrogen functional groups attached to an aromatic ring is 1. The Morgan fingerprint density at radius 1 is 1.28 bits per heavy atom. The lowest BCUT2D eigenvalue weighted by molar-refractivity contribution is 0.0592. The number of hydrogen-bond acceptors (Lipinski definition) is 6. The van der Waals surface area contributed by atoms with Crippen LogP contribution in [0, 0.1) is 0 Å². The van der Waals surface area contributed by atoms with Crippen molar-refractivity contribution in [3.8, 4) is 0 Å². The molecule has 2 N–H and O–H groups in total. The molecule has 0 atom stereocenters. The van der Waals surface area contributed by atoms with Gasteiger partial charge >= 0.3 is 5.97 Å². The van der Waals surface area contributed by atoms with Gasteiger partial charge in [-0.1, -0.05) is 11.8 Å². The van der Waals surface area contributed by atoms with Gasteiger partial charge in [0.05, 0.1) is 19.5 Å². The van der Waals surface area contributed by atoms with Gasteiger partial charge in [-0.3, -0.25) is 4.98 Å². The minimum atomic E-state index is -0.498. The second kappa shape index (κ2) is 5.50. The Labute approximate surface area is 108 Å². The summed E-state index contributed by atoms with van der Waals surface area (Å²) in [6.07, 6.45) is 2.96. The molecule has 1 aromatic heterocycles. The largest absolute Gasteiger partial charge is 0.464 e. The third-order valence-corrected chi connectivity index (χ3v) is 3.02. The lowest BCUT2D eigenvalue weighted by atomic mass is 10.3. The van der Waals surface area contributed by atoms with Gasteiger partial charge in [0.2, 0.25) is 0 Å². The van der Waals surface area contributed by atoms with Gasteiger partial charge < -0.3 is 10.5 Å².